The van der Waals surface area contributed by atoms with Crippen LogP contribution in [0.3, 0.4) is 0 Å². The molecule has 1 fully saturated rings. The Kier molecular flexibility index (Phi) is 4.23. The van der Waals surface area contributed by atoms with Crippen LogP contribution in [0.4, 0.5) is 0 Å². The van der Waals surface area contributed by atoms with Gasteiger partial charge in [-0.15, -0.1) is 11.3 Å². The fourth-order valence-electron chi connectivity index (χ4n) is 3.43. The van der Waals surface area contributed by atoms with Crippen LogP contribution in [-0.2, 0) is 23.4 Å². The van der Waals surface area contributed by atoms with Crippen LogP contribution in [0.25, 0.3) is 10.2 Å². The minimum Gasteiger partial charge on any atom is -0.383 e. The van der Waals surface area contributed by atoms with Gasteiger partial charge < -0.3 is 9.72 Å². The van der Waals surface area contributed by atoms with Crippen LogP contribution in [0.5, 0.6) is 0 Å². The molecule has 0 atom stereocenters. The molecule has 0 radical (unpaired) electrons. The van der Waals surface area contributed by atoms with Gasteiger partial charge in [0.25, 0.3) is 5.56 Å². The van der Waals surface area contributed by atoms with E-state index < -0.39 is 5.54 Å². The van der Waals surface area contributed by atoms with Crippen molar-refractivity contribution in [3.63, 3.8) is 0 Å². The zero-order chi connectivity index (χ0) is 19.3. The highest BCUT2D eigenvalue weighted by Crippen LogP contribution is 2.41. The first kappa shape index (κ1) is 18.0. The van der Waals surface area contributed by atoms with E-state index in [9.17, 15) is 14.4 Å². The van der Waals surface area contributed by atoms with Gasteiger partial charge in [0, 0.05) is 24.4 Å². The molecule has 1 N–H and O–H groups in total. The van der Waals surface area contributed by atoms with Crippen LogP contribution in [0.15, 0.2) is 26.8 Å². The normalized spacial score (nSPS) is 15.5. The second-order valence-electron chi connectivity index (χ2n) is 7.29. The monoisotopic (exact) mass is 390 g/mol. The number of aryl methyl sites for hydroxylation is 1. The van der Waals surface area contributed by atoms with Gasteiger partial charge in [0.15, 0.2) is 0 Å². The number of nitrogens with zero attached hydrogens (tertiary/aromatic N) is 3. The van der Waals surface area contributed by atoms with Crippen molar-refractivity contribution in [3.8, 4) is 0 Å². The van der Waals surface area contributed by atoms with Gasteiger partial charge in [-0.3, -0.25) is 18.5 Å². The lowest BCUT2D eigenvalue weighted by Crippen LogP contribution is -2.45. The van der Waals surface area contributed by atoms with Crippen molar-refractivity contribution in [2.24, 2.45) is 0 Å². The summed E-state index contributed by atoms with van der Waals surface area (Å²) in [7, 11) is 1.59. The van der Waals surface area contributed by atoms with Gasteiger partial charge >= 0.3 is 11.4 Å². The van der Waals surface area contributed by atoms with E-state index in [0.29, 0.717) is 29.9 Å². The highest BCUT2D eigenvalue weighted by atomic mass is 32.1. The van der Waals surface area contributed by atoms with Crippen molar-refractivity contribution in [2.45, 2.75) is 45.3 Å². The number of aromatic nitrogens is 4. The maximum atomic E-state index is 13.2. The summed E-state index contributed by atoms with van der Waals surface area (Å²) in [6, 6.07) is 0. The van der Waals surface area contributed by atoms with E-state index >= 15 is 0 Å². The summed E-state index contributed by atoms with van der Waals surface area (Å²) in [6.07, 6.45) is 4.91. The molecule has 27 heavy (non-hydrogen) atoms. The van der Waals surface area contributed by atoms with Crippen LogP contribution < -0.4 is 16.9 Å². The first-order valence-electron chi connectivity index (χ1n) is 8.88. The van der Waals surface area contributed by atoms with Crippen molar-refractivity contribution >= 4 is 21.6 Å². The molecular formula is C18H22N4O4S. The van der Waals surface area contributed by atoms with Gasteiger partial charge in [-0.2, -0.15) is 0 Å². The largest absolute Gasteiger partial charge is 0.383 e. The molecule has 0 spiro atoms. The van der Waals surface area contributed by atoms with Crippen LogP contribution in [0.1, 0.15) is 30.2 Å². The molecule has 1 aliphatic rings. The summed E-state index contributed by atoms with van der Waals surface area (Å²) >= 11 is 1.40. The van der Waals surface area contributed by atoms with Gasteiger partial charge in [0.1, 0.15) is 4.83 Å². The lowest BCUT2D eigenvalue weighted by molar-refractivity contribution is 0.186. The Morgan fingerprint density at radius 1 is 1.30 bits per heavy atom. The van der Waals surface area contributed by atoms with Gasteiger partial charge in [0.05, 0.1) is 30.6 Å². The number of rotatable bonds is 6. The van der Waals surface area contributed by atoms with Crippen LogP contribution in [0.2, 0.25) is 0 Å². The number of fused-ring (bicyclic) bond motifs is 1. The summed E-state index contributed by atoms with van der Waals surface area (Å²) in [6.45, 7) is 4.96. The lowest BCUT2D eigenvalue weighted by Gasteiger charge is -2.16. The molecule has 0 aromatic carbocycles. The molecule has 0 amide bonds. The Morgan fingerprint density at radius 2 is 2.04 bits per heavy atom. The second-order valence-corrected chi connectivity index (χ2v) is 8.37. The summed E-state index contributed by atoms with van der Waals surface area (Å²) in [5.74, 6) is 0. The number of H-pyrrole nitrogens is 1. The SMILES string of the molecule is COCCn1c(=O)n(C2(C)CC2)c(=O)c2c(C)c(Cn3cc[nH]c3=O)sc21. The Labute approximate surface area is 158 Å². The third kappa shape index (κ3) is 2.81. The number of thiophene rings is 1. The van der Waals surface area contributed by atoms with Gasteiger partial charge in [0.2, 0.25) is 0 Å². The summed E-state index contributed by atoms with van der Waals surface area (Å²) in [5.41, 5.74) is -0.284. The second kappa shape index (κ2) is 6.35. The average molecular weight is 390 g/mol. The fourth-order valence-corrected chi connectivity index (χ4v) is 4.75. The Hall–Kier alpha value is -2.39. The van der Waals surface area contributed by atoms with Crippen molar-refractivity contribution < 1.29 is 4.74 Å². The van der Waals surface area contributed by atoms with Crippen LogP contribution in [0, 0.1) is 6.92 Å². The molecule has 8 nitrogen and oxygen atoms in total. The maximum absolute atomic E-state index is 13.2. The third-order valence-electron chi connectivity index (χ3n) is 5.38. The molecular weight excluding hydrogens is 368 g/mol. The fraction of sp³-hybridized carbons (Fsp3) is 0.500. The third-order valence-corrected chi connectivity index (χ3v) is 6.68. The Balaban J connectivity index is 1.97. The van der Waals surface area contributed by atoms with Crippen molar-refractivity contribution in [1.82, 2.24) is 18.7 Å². The van der Waals surface area contributed by atoms with E-state index in [1.807, 2.05) is 13.8 Å². The molecule has 1 aliphatic carbocycles. The van der Waals surface area contributed by atoms with E-state index in [1.54, 1.807) is 28.6 Å². The number of ether oxygens (including phenoxy) is 1. The Bertz CT molecular complexity index is 1190. The minimum absolute atomic E-state index is 0.202. The first-order chi connectivity index (χ1) is 12.9. The molecule has 3 aromatic rings. The number of hydrogen-bond acceptors (Lipinski definition) is 5. The lowest BCUT2D eigenvalue weighted by atomic mass is 10.2. The van der Waals surface area contributed by atoms with Crippen LogP contribution in [-0.4, -0.2) is 32.4 Å². The first-order valence-corrected chi connectivity index (χ1v) is 9.70. The van der Waals surface area contributed by atoms with Gasteiger partial charge in [-0.1, -0.05) is 0 Å². The summed E-state index contributed by atoms with van der Waals surface area (Å²) in [5, 5.41) is 0.572. The zero-order valence-electron chi connectivity index (χ0n) is 15.6. The maximum Gasteiger partial charge on any atom is 0.332 e. The topological polar surface area (TPSA) is 91.0 Å². The predicted octanol–water partition coefficient (Wildman–Crippen LogP) is 1.23. The van der Waals surface area contributed by atoms with E-state index in [2.05, 4.69) is 4.98 Å². The van der Waals surface area contributed by atoms with Gasteiger partial charge in [-0.05, 0) is 32.3 Å². The highest BCUT2D eigenvalue weighted by Gasteiger charge is 2.43. The molecule has 3 heterocycles. The number of hydrogen-bond donors (Lipinski definition) is 1. The van der Waals surface area contributed by atoms with Gasteiger partial charge in [-0.25, -0.2) is 9.59 Å². The van der Waals surface area contributed by atoms with Crippen molar-refractivity contribution in [1.29, 1.82) is 0 Å². The minimum atomic E-state index is -0.400. The molecule has 144 valence electrons. The molecule has 0 bridgehead atoms. The number of nitrogens with one attached hydrogen (secondary N) is 1. The standard InChI is InChI=1S/C18H22N4O4S/c1-11-12(10-20-7-6-19-16(20)24)27-15-13(11)14(23)22(18(2)4-5-18)17(25)21(15)8-9-26-3/h6-7H,4-5,8-10H2,1-3H3,(H,19,24). The zero-order valence-corrected chi connectivity index (χ0v) is 16.4. The van der Waals surface area contributed by atoms with Crippen LogP contribution >= 0.6 is 11.3 Å². The average Bonchev–Trinajstić information content (AvgIpc) is 3.09. The molecule has 0 unspecified atom stereocenters. The number of imidazole rings is 1. The molecule has 4 rings (SSSR count). The van der Waals surface area contributed by atoms with E-state index in [4.69, 9.17) is 4.74 Å². The summed E-state index contributed by atoms with van der Waals surface area (Å²) in [4.78, 5) is 42.3. The summed E-state index contributed by atoms with van der Waals surface area (Å²) < 4.78 is 9.78. The van der Waals surface area contributed by atoms with Crippen molar-refractivity contribution in [3.05, 3.63) is 54.2 Å². The van der Waals surface area contributed by atoms with E-state index in [-0.39, 0.29) is 16.9 Å². The highest BCUT2D eigenvalue weighted by molar-refractivity contribution is 7.18. The van der Waals surface area contributed by atoms with Crippen molar-refractivity contribution in [2.75, 3.05) is 13.7 Å². The predicted molar refractivity (Wildman–Crippen MR) is 104 cm³/mol. The molecule has 0 aliphatic heterocycles. The van der Waals surface area contributed by atoms with E-state index in [1.165, 1.54) is 15.9 Å². The number of aromatic amines is 1. The molecule has 1 saturated carbocycles. The Morgan fingerprint density at radius 3 is 2.63 bits per heavy atom. The molecule has 3 aromatic heterocycles. The van der Waals surface area contributed by atoms with E-state index in [0.717, 1.165) is 23.3 Å². The molecule has 0 saturated heterocycles. The number of methoxy groups -OCH3 is 1. The smallest absolute Gasteiger partial charge is 0.332 e. The quantitative estimate of drug-likeness (QED) is 0.685. The molecule has 9 heteroatoms.